The summed E-state index contributed by atoms with van der Waals surface area (Å²) in [6, 6.07) is 5.89. The monoisotopic (exact) mass is 417 g/mol. The molecule has 1 aromatic carbocycles. The molecule has 1 saturated carbocycles. The van der Waals surface area contributed by atoms with Crippen LogP contribution in [0.1, 0.15) is 44.3 Å². The quantitative estimate of drug-likeness (QED) is 0.825. The third kappa shape index (κ3) is 3.55. The van der Waals surface area contributed by atoms with Gasteiger partial charge in [0.1, 0.15) is 11.3 Å². The number of alkyl halides is 2. The van der Waals surface area contributed by atoms with Gasteiger partial charge >= 0.3 is 6.03 Å². The average molecular weight is 418 g/mol. The van der Waals surface area contributed by atoms with Gasteiger partial charge in [-0.05, 0) is 50.3 Å². The molecular formula is C22H29F2N5O. The molecule has 1 aromatic heterocycles. The number of nitrogens with two attached hydrogens (primary N) is 1. The van der Waals surface area contributed by atoms with Crippen LogP contribution in [0.5, 0.6) is 0 Å². The number of para-hydroxylation sites is 1. The van der Waals surface area contributed by atoms with Crippen molar-refractivity contribution in [3.05, 3.63) is 24.0 Å². The predicted molar refractivity (Wildman–Crippen MR) is 112 cm³/mol. The molecule has 2 aromatic rings. The van der Waals surface area contributed by atoms with Gasteiger partial charge in [0, 0.05) is 44.9 Å². The van der Waals surface area contributed by atoms with Crippen molar-refractivity contribution in [1.29, 1.82) is 0 Å². The van der Waals surface area contributed by atoms with E-state index in [1.54, 1.807) is 0 Å². The number of halogens is 2. The second-order valence-corrected chi connectivity index (χ2v) is 9.13. The van der Waals surface area contributed by atoms with Crippen LogP contribution < -0.4 is 10.6 Å². The van der Waals surface area contributed by atoms with E-state index in [4.69, 9.17) is 10.7 Å². The number of hydrogen-bond donors (Lipinski definition) is 1. The van der Waals surface area contributed by atoms with Gasteiger partial charge in [-0.15, -0.1) is 0 Å². The second kappa shape index (κ2) is 7.48. The number of benzene rings is 1. The molecular weight excluding hydrogens is 388 g/mol. The number of fused-ring (bicyclic) bond motifs is 2. The molecule has 3 heterocycles. The number of hydrogen-bond acceptors (Lipinski definition) is 4. The van der Waals surface area contributed by atoms with Gasteiger partial charge in [0.05, 0.1) is 11.2 Å². The SMILES string of the molecule is NC(=O)n1c(CCC2CCC(F)(F)C2)nc2c(N3CCN4CCCC4C3)cccc21. The summed E-state index contributed by atoms with van der Waals surface area (Å²) in [5.74, 6) is -2.00. The zero-order valence-corrected chi connectivity index (χ0v) is 17.2. The fourth-order valence-corrected chi connectivity index (χ4v) is 5.63. The highest BCUT2D eigenvalue weighted by atomic mass is 19.3. The lowest BCUT2D eigenvalue weighted by Gasteiger charge is -2.38. The summed E-state index contributed by atoms with van der Waals surface area (Å²) in [5, 5.41) is 0. The summed E-state index contributed by atoms with van der Waals surface area (Å²) in [6.45, 7) is 4.13. The minimum Gasteiger partial charge on any atom is -0.367 e. The van der Waals surface area contributed by atoms with E-state index in [0.29, 0.717) is 36.6 Å². The molecule has 2 saturated heterocycles. The maximum absolute atomic E-state index is 13.5. The molecule has 6 nitrogen and oxygen atoms in total. The van der Waals surface area contributed by atoms with Crippen molar-refractivity contribution in [2.45, 2.75) is 56.9 Å². The summed E-state index contributed by atoms with van der Waals surface area (Å²) >= 11 is 0. The lowest BCUT2D eigenvalue weighted by molar-refractivity contribution is 0.00470. The first-order valence-corrected chi connectivity index (χ1v) is 11.1. The van der Waals surface area contributed by atoms with Gasteiger partial charge in [-0.1, -0.05) is 6.07 Å². The number of amides is 1. The number of piperazine rings is 1. The molecule has 2 unspecified atom stereocenters. The van der Waals surface area contributed by atoms with Gasteiger partial charge in [-0.3, -0.25) is 4.90 Å². The summed E-state index contributed by atoms with van der Waals surface area (Å²) < 4.78 is 28.6. The highest BCUT2D eigenvalue weighted by Crippen LogP contribution is 2.41. The normalized spacial score (nSPS) is 26.4. The van der Waals surface area contributed by atoms with Gasteiger partial charge in [0.25, 0.3) is 0 Å². The Bertz CT molecular complexity index is 958. The van der Waals surface area contributed by atoms with E-state index < -0.39 is 12.0 Å². The van der Waals surface area contributed by atoms with E-state index in [2.05, 4.69) is 15.9 Å². The average Bonchev–Trinajstić information content (AvgIpc) is 3.41. The molecule has 0 radical (unpaired) electrons. The van der Waals surface area contributed by atoms with Crippen molar-refractivity contribution in [2.75, 3.05) is 31.1 Å². The van der Waals surface area contributed by atoms with Crippen molar-refractivity contribution in [3.8, 4) is 0 Å². The molecule has 3 aliphatic rings. The molecule has 30 heavy (non-hydrogen) atoms. The van der Waals surface area contributed by atoms with Crippen molar-refractivity contribution in [1.82, 2.24) is 14.5 Å². The molecule has 5 rings (SSSR count). The van der Waals surface area contributed by atoms with Crippen LogP contribution in [0.15, 0.2) is 18.2 Å². The first-order chi connectivity index (χ1) is 14.4. The number of primary amides is 1. The largest absolute Gasteiger partial charge is 0.367 e. The zero-order valence-electron chi connectivity index (χ0n) is 17.2. The van der Waals surface area contributed by atoms with E-state index in [1.165, 1.54) is 24.0 Å². The Hall–Kier alpha value is -2.22. The Morgan fingerprint density at radius 3 is 2.87 bits per heavy atom. The van der Waals surface area contributed by atoms with E-state index in [-0.39, 0.29) is 18.8 Å². The smallest absolute Gasteiger partial charge is 0.324 e. The Balaban J connectivity index is 1.43. The maximum atomic E-state index is 13.5. The van der Waals surface area contributed by atoms with Crippen LogP contribution in [-0.4, -0.2) is 58.6 Å². The molecule has 162 valence electrons. The standard InChI is InChI=1S/C22H29F2N5O/c23-22(24)9-8-15(13-22)6-7-19-26-20-17(4-1-5-18(20)29(19)21(25)30)28-12-11-27-10-2-3-16(27)14-28/h1,4-5,15-16H,2-3,6-14H2,(H2,25,30). The molecule has 2 aliphatic heterocycles. The first-order valence-electron chi connectivity index (χ1n) is 11.1. The van der Waals surface area contributed by atoms with Gasteiger partial charge in [-0.25, -0.2) is 23.1 Å². The molecule has 1 aliphatic carbocycles. The molecule has 2 N–H and O–H groups in total. The van der Waals surface area contributed by atoms with Gasteiger partial charge < -0.3 is 10.6 Å². The van der Waals surface area contributed by atoms with Gasteiger partial charge in [0.2, 0.25) is 5.92 Å². The van der Waals surface area contributed by atoms with Crippen molar-refractivity contribution in [2.24, 2.45) is 11.7 Å². The maximum Gasteiger partial charge on any atom is 0.324 e. The Kier molecular flexibility index (Phi) is 4.92. The number of carbonyl (C=O) groups is 1. The van der Waals surface area contributed by atoms with Gasteiger partial charge in [0.15, 0.2) is 0 Å². The molecule has 8 heteroatoms. The summed E-state index contributed by atoms with van der Waals surface area (Å²) in [4.78, 5) is 22.0. The lowest BCUT2D eigenvalue weighted by Crippen LogP contribution is -2.50. The Morgan fingerprint density at radius 1 is 1.23 bits per heavy atom. The fraction of sp³-hybridized carbons (Fsp3) is 0.636. The van der Waals surface area contributed by atoms with E-state index in [0.717, 1.165) is 30.8 Å². The summed E-state index contributed by atoms with van der Waals surface area (Å²) in [6.07, 6.45) is 3.97. The number of rotatable bonds is 4. The van der Waals surface area contributed by atoms with Crippen LogP contribution in [0.4, 0.5) is 19.3 Å². The van der Waals surface area contributed by atoms with Crippen LogP contribution in [0, 0.1) is 5.92 Å². The predicted octanol–water partition coefficient (Wildman–Crippen LogP) is 3.62. The molecule has 3 fully saturated rings. The number of anilines is 1. The first kappa shape index (κ1) is 19.7. The van der Waals surface area contributed by atoms with Crippen molar-refractivity contribution in [3.63, 3.8) is 0 Å². The van der Waals surface area contributed by atoms with E-state index in [9.17, 15) is 13.6 Å². The van der Waals surface area contributed by atoms with Crippen LogP contribution in [0.25, 0.3) is 11.0 Å². The third-order valence-electron chi connectivity index (χ3n) is 7.16. The zero-order chi connectivity index (χ0) is 20.9. The number of nitrogens with zero attached hydrogens (tertiary/aromatic N) is 4. The van der Waals surface area contributed by atoms with Crippen molar-refractivity contribution < 1.29 is 13.6 Å². The second-order valence-electron chi connectivity index (χ2n) is 9.13. The lowest BCUT2D eigenvalue weighted by atomic mass is 10.0. The number of aryl methyl sites for hydroxylation is 1. The molecule has 2 atom stereocenters. The van der Waals surface area contributed by atoms with Crippen LogP contribution in [0.2, 0.25) is 0 Å². The van der Waals surface area contributed by atoms with Crippen LogP contribution in [0.3, 0.4) is 0 Å². The van der Waals surface area contributed by atoms with Crippen LogP contribution in [-0.2, 0) is 6.42 Å². The summed E-state index contributed by atoms with van der Waals surface area (Å²) in [5.41, 5.74) is 8.22. The highest BCUT2D eigenvalue weighted by molar-refractivity contribution is 5.96. The van der Waals surface area contributed by atoms with E-state index >= 15 is 0 Å². The van der Waals surface area contributed by atoms with E-state index in [1.807, 2.05) is 12.1 Å². The number of imidazole rings is 1. The Morgan fingerprint density at radius 2 is 2.10 bits per heavy atom. The molecule has 0 bridgehead atoms. The fourth-order valence-electron chi connectivity index (χ4n) is 5.63. The molecule has 0 spiro atoms. The summed E-state index contributed by atoms with van der Waals surface area (Å²) in [7, 11) is 0. The van der Waals surface area contributed by atoms with Crippen LogP contribution >= 0.6 is 0 Å². The number of aromatic nitrogens is 2. The molecule has 1 amide bonds. The minimum atomic E-state index is -2.55. The number of carbonyl (C=O) groups excluding carboxylic acids is 1. The third-order valence-corrected chi connectivity index (χ3v) is 7.16. The Labute approximate surface area is 175 Å². The highest BCUT2D eigenvalue weighted by Gasteiger charge is 2.39. The topological polar surface area (TPSA) is 67.4 Å². The van der Waals surface area contributed by atoms with Crippen molar-refractivity contribution >= 4 is 22.8 Å². The minimum absolute atomic E-state index is 0.0314. The van der Waals surface area contributed by atoms with Gasteiger partial charge in [-0.2, -0.15) is 0 Å².